The molecule has 3 rings (SSSR count). The average Bonchev–Trinajstić information content (AvgIpc) is 2.85. The minimum absolute atomic E-state index is 0.0441. The predicted molar refractivity (Wildman–Crippen MR) is 82.8 cm³/mol. The van der Waals surface area contributed by atoms with E-state index in [2.05, 4.69) is 4.98 Å². The Kier molecular flexibility index (Phi) is 4.24. The van der Waals surface area contributed by atoms with Gasteiger partial charge in [0.25, 0.3) is 0 Å². The van der Waals surface area contributed by atoms with E-state index < -0.39 is 12.1 Å². The van der Waals surface area contributed by atoms with Gasteiger partial charge in [-0.3, -0.25) is 0 Å². The van der Waals surface area contributed by atoms with Crippen molar-refractivity contribution in [2.45, 2.75) is 44.2 Å². The Bertz CT molecular complexity index is 651. The lowest BCUT2D eigenvalue weighted by Gasteiger charge is -2.24. The molecular formula is C17H20N2O3. The molecule has 1 heterocycles. The van der Waals surface area contributed by atoms with Gasteiger partial charge in [0.2, 0.25) is 0 Å². The van der Waals surface area contributed by atoms with Crippen molar-refractivity contribution in [1.29, 1.82) is 0 Å². The number of carbonyl (C=O) groups is 1. The number of hydrogen-bond donors (Lipinski definition) is 2. The first-order valence-corrected chi connectivity index (χ1v) is 7.72. The number of rotatable bonds is 3. The van der Waals surface area contributed by atoms with Gasteiger partial charge in [0.15, 0.2) is 5.69 Å². The number of carboxylic acids is 1. The number of benzene rings is 1. The highest BCUT2D eigenvalue weighted by Gasteiger charge is 2.28. The lowest BCUT2D eigenvalue weighted by molar-refractivity contribution is 0.0691. The van der Waals surface area contributed by atoms with Crippen molar-refractivity contribution >= 4 is 5.97 Å². The molecular weight excluding hydrogens is 280 g/mol. The summed E-state index contributed by atoms with van der Waals surface area (Å²) in [5, 5.41) is 19.8. The molecule has 1 aliphatic rings. The van der Waals surface area contributed by atoms with Crippen molar-refractivity contribution in [2.24, 2.45) is 0 Å². The zero-order valence-corrected chi connectivity index (χ0v) is 12.4. The van der Waals surface area contributed by atoms with Crippen LogP contribution in [0.25, 0.3) is 11.3 Å². The van der Waals surface area contributed by atoms with Gasteiger partial charge < -0.3 is 14.8 Å². The molecule has 0 saturated heterocycles. The fraction of sp³-hybridized carbons (Fsp3) is 0.412. The fourth-order valence-electron chi connectivity index (χ4n) is 3.24. The van der Waals surface area contributed by atoms with E-state index >= 15 is 0 Å². The van der Waals surface area contributed by atoms with Crippen LogP contribution in [0.3, 0.4) is 0 Å². The number of imidazole rings is 1. The maximum atomic E-state index is 11.5. The van der Waals surface area contributed by atoms with Crippen molar-refractivity contribution in [3.63, 3.8) is 0 Å². The van der Waals surface area contributed by atoms with Gasteiger partial charge in [-0.25, -0.2) is 9.78 Å². The molecule has 5 heteroatoms. The van der Waals surface area contributed by atoms with E-state index in [1.807, 2.05) is 34.9 Å². The monoisotopic (exact) mass is 300 g/mol. The highest BCUT2D eigenvalue weighted by Crippen LogP contribution is 2.33. The second-order valence-corrected chi connectivity index (χ2v) is 5.79. The fourth-order valence-corrected chi connectivity index (χ4v) is 3.24. The van der Waals surface area contributed by atoms with E-state index in [0.717, 1.165) is 37.7 Å². The molecule has 0 aliphatic heterocycles. The number of aliphatic hydroxyl groups is 1. The Hall–Kier alpha value is -2.14. The highest BCUT2D eigenvalue weighted by atomic mass is 16.4. The summed E-state index contributed by atoms with van der Waals surface area (Å²) in [4.78, 5) is 15.6. The van der Waals surface area contributed by atoms with E-state index in [1.165, 1.54) is 0 Å². The largest absolute Gasteiger partial charge is 0.476 e. The first-order valence-electron chi connectivity index (χ1n) is 7.72. The smallest absolute Gasteiger partial charge is 0.356 e. The average molecular weight is 300 g/mol. The van der Waals surface area contributed by atoms with E-state index in [1.54, 1.807) is 6.33 Å². The summed E-state index contributed by atoms with van der Waals surface area (Å²) in [6, 6.07) is 9.29. The number of nitrogens with zero attached hydrogens (tertiary/aromatic N) is 2. The molecule has 1 saturated carbocycles. The van der Waals surface area contributed by atoms with Gasteiger partial charge in [-0.2, -0.15) is 0 Å². The van der Waals surface area contributed by atoms with Crippen LogP contribution in [0.5, 0.6) is 0 Å². The lowest BCUT2D eigenvalue weighted by Crippen LogP contribution is -2.23. The van der Waals surface area contributed by atoms with Crippen LogP contribution >= 0.6 is 0 Å². The highest BCUT2D eigenvalue weighted by molar-refractivity contribution is 5.93. The zero-order valence-electron chi connectivity index (χ0n) is 12.4. The number of aromatic carboxylic acids is 1. The summed E-state index contributed by atoms with van der Waals surface area (Å²) < 4.78 is 1.86. The van der Waals surface area contributed by atoms with Crippen LogP contribution < -0.4 is 0 Å². The summed E-state index contributed by atoms with van der Waals surface area (Å²) in [5.74, 6) is -1.04. The Morgan fingerprint density at radius 1 is 1.14 bits per heavy atom. The summed E-state index contributed by atoms with van der Waals surface area (Å²) >= 11 is 0. The molecule has 5 nitrogen and oxygen atoms in total. The van der Waals surface area contributed by atoms with E-state index in [9.17, 15) is 15.0 Å². The van der Waals surface area contributed by atoms with Gasteiger partial charge in [0, 0.05) is 5.56 Å². The first-order chi connectivity index (χ1) is 10.7. The van der Waals surface area contributed by atoms with Crippen LogP contribution in [-0.4, -0.2) is 31.8 Å². The molecule has 2 N–H and O–H groups in total. The quantitative estimate of drug-likeness (QED) is 0.854. The van der Waals surface area contributed by atoms with Crippen LogP contribution in [0.4, 0.5) is 0 Å². The molecule has 1 aliphatic carbocycles. The van der Waals surface area contributed by atoms with Crippen LogP contribution in [0.1, 0.15) is 48.6 Å². The van der Waals surface area contributed by atoms with Crippen LogP contribution in [0.15, 0.2) is 36.7 Å². The molecule has 1 aromatic carbocycles. The van der Waals surface area contributed by atoms with Gasteiger partial charge in [-0.1, -0.05) is 49.6 Å². The third-order valence-electron chi connectivity index (χ3n) is 4.34. The molecule has 2 aromatic rings. The third kappa shape index (κ3) is 2.76. The number of aliphatic hydroxyl groups excluding tert-OH is 1. The Morgan fingerprint density at radius 2 is 1.86 bits per heavy atom. The zero-order chi connectivity index (χ0) is 15.5. The van der Waals surface area contributed by atoms with Gasteiger partial charge in [0.05, 0.1) is 24.2 Å². The molecule has 2 atom stereocenters. The van der Waals surface area contributed by atoms with Gasteiger partial charge in [0.1, 0.15) is 0 Å². The van der Waals surface area contributed by atoms with E-state index in [0.29, 0.717) is 5.69 Å². The second kappa shape index (κ2) is 6.32. The molecule has 0 spiro atoms. The summed E-state index contributed by atoms with van der Waals surface area (Å²) in [5.41, 5.74) is 1.44. The first kappa shape index (κ1) is 14.8. The maximum Gasteiger partial charge on any atom is 0.356 e. The molecule has 2 unspecified atom stereocenters. The van der Waals surface area contributed by atoms with Crippen molar-refractivity contribution in [2.75, 3.05) is 0 Å². The molecule has 116 valence electrons. The minimum atomic E-state index is -1.04. The summed E-state index contributed by atoms with van der Waals surface area (Å²) in [6.07, 6.45) is 5.85. The van der Waals surface area contributed by atoms with Crippen molar-refractivity contribution in [3.8, 4) is 11.3 Å². The van der Waals surface area contributed by atoms with E-state index in [-0.39, 0.29) is 11.7 Å². The Morgan fingerprint density at radius 3 is 2.59 bits per heavy atom. The normalized spacial score (nSPS) is 22.2. The van der Waals surface area contributed by atoms with E-state index in [4.69, 9.17) is 0 Å². The molecule has 0 radical (unpaired) electrons. The lowest BCUT2D eigenvalue weighted by atomic mass is 10.0. The number of aromatic nitrogens is 2. The summed E-state index contributed by atoms with van der Waals surface area (Å²) in [7, 11) is 0. The standard InChI is InChI=1S/C17H20N2O3/c20-14-10-6-2-5-9-13(14)19-11-18-15(17(21)22)16(19)12-7-3-1-4-8-12/h1,3-4,7-8,11,13-14,20H,2,5-6,9-10H2,(H,21,22). The molecule has 22 heavy (non-hydrogen) atoms. The summed E-state index contributed by atoms with van der Waals surface area (Å²) in [6.45, 7) is 0. The Labute approximate surface area is 129 Å². The Balaban J connectivity index is 2.10. The third-order valence-corrected chi connectivity index (χ3v) is 4.34. The molecule has 1 aromatic heterocycles. The van der Waals surface area contributed by atoms with Gasteiger partial charge in [-0.05, 0) is 12.8 Å². The number of carboxylic acid groups (broad SMARTS) is 1. The maximum absolute atomic E-state index is 11.5. The van der Waals surface area contributed by atoms with Gasteiger partial charge >= 0.3 is 5.97 Å². The molecule has 0 bridgehead atoms. The molecule has 0 amide bonds. The molecule has 1 fully saturated rings. The topological polar surface area (TPSA) is 75.3 Å². The van der Waals surface area contributed by atoms with Gasteiger partial charge in [-0.15, -0.1) is 0 Å². The predicted octanol–water partition coefficient (Wildman–Crippen LogP) is 3.11. The second-order valence-electron chi connectivity index (χ2n) is 5.79. The number of hydrogen-bond acceptors (Lipinski definition) is 3. The van der Waals surface area contributed by atoms with Crippen molar-refractivity contribution in [1.82, 2.24) is 9.55 Å². The van der Waals surface area contributed by atoms with Crippen LogP contribution in [0.2, 0.25) is 0 Å². The van der Waals surface area contributed by atoms with Crippen molar-refractivity contribution < 1.29 is 15.0 Å². The SMILES string of the molecule is O=C(O)c1ncn(C2CCCCCC2O)c1-c1ccccc1. The van der Waals surface area contributed by atoms with Crippen LogP contribution in [-0.2, 0) is 0 Å². The van der Waals surface area contributed by atoms with Crippen LogP contribution in [0, 0.1) is 0 Å². The van der Waals surface area contributed by atoms with Crippen molar-refractivity contribution in [3.05, 3.63) is 42.4 Å². The minimum Gasteiger partial charge on any atom is -0.476 e.